The second-order valence-electron chi connectivity index (χ2n) is 12.5. The van der Waals surface area contributed by atoms with Crippen LogP contribution in [-0.4, -0.2) is 74.1 Å². The Morgan fingerprint density at radius 3 is 2.50 bits per heavy atom. The highest BCUT2D eigenvalue weighted by molar-refractivity contribution is 7.16. The number of aliphatic hydroxyl groups excluding tert-OH is 1. The topological polar surface area (TPSA) is 136 Å². The van der Waals surface area contributed by atoms with E-state index >= 15 is 0 Å². The van der Waals surface area contributed by atoms with Gasteiger partial charge in [-0.3, -0.25) is 9.20 Å². The van der Waals surface area contributed by atoms with Crippen molar-refractivity contribution in [2.45, 2.75) is 51.2 Å². The van der Waals surface area contributed by atoms with Gasteiger partial charge in [-0.15, -0.1) is 0 Å². The van der Waals surface area contributed by atoms with Crippen molar-refractivity contribution in [3.63, 3.8) is 0 Å². The number of Topliss-reactive ketones (excluding diaryl/α,β-unsaturated/α-hetero) is 1. The Balaban J connectivity index is 1.08. The summed E-state index contributed by atoms with van der Waals surface area (Å²) in [5.41, 5.74) is 4.67. The Labute approximate surface area is 281 Å². The van der Waals surface area contributed by atoms with E-state index in [9.17, 15) is 19.6 Å². The van der Waals surface area contributed by atoms with Crippen LogP contribution in [0.4, 0.5) is 21.3 Å². The molecule has 6 heterocycles. The van der Waals surface area contributed by atoms with E-state index in [4.69, 9.17) is 19.9 Å². The number of piperidine rings is 1. The van der Waals surface area contributed by atoms with Gasteiger partial charge in [-0.05, 0) is 68.0 Å². The number of carbonyl (C=O) groups is 1. The van der Waals surface area contributed by atoms with E-state index in [1.807, 2.05) is 47.1 Å². The largest absolute Gasteiger partial charge is 0.392 e. The molecule has 0 radical (unpaired) electrons. The van der Waals surface area contributed by atoms with E-state index in [1.165, 1.54) is 23.5 Å². The van der Waals surface area contributed by atoms with Crippen LogP contribution in [0, 0.1) is 23.1 Å². The minimum absolute atomic E-state index is 0.203. The molecule has 2 saturated heterocycles. The van der Waals surface area contributed by atoms with Gasteiger partial charge < -0.3 is 20.2 Å². The van der Waals surface area contributed by atoms with Crippen LogP contribution in [0.1, 0.15) is 43.2 Å². The molecule has 0 saturated carbocycles. The fourth-order valence-electron chi connectivity index (χ4n) is 6.63. The fourth-order valence-corrected chi connectivity index (χ4v) is 7.47. The van der Waals surface area contributed by atoms with Crippen molar-refractivity contribution < 1.29 is 14.3 Å². The number of nitriles is 1. The van der Waals surface area contributed by atoms with Crippen LogP contribution < -0.4 is 15.1 Å². The maximum absolute atomic E-state index is 13.6. The van der Waals surface area contributed by atoms with Crippen LogP contribution in [0.25, 0.3) is 28.0 Å². The minimum Gasteiger partial charge on any atom is -0.392 e. The van der Waals surface area contributed by atoms with E-state index in [-0.39, 0.29) is 17.6 Å². The van der Waals surface area contributed by atoms with E-state index in [2.05, 4.69) is 23.2 Å². The lowest BCUT2D eigenvalue weighted by Gasteiger charge is -2.32. The lowest BCUT2D eigenvalue weighted by molar-refractivity contribution is -0.121. The number of β-amino-alcohol motifs (C(OH)–C–C–N with tert-alkyl or cyclic N) is 1. The van der Waals surface area contributed by atoms with Gasteiger partial charge in [0, 0.05) is 68.4 Å². The van der Waals surface area contributed by atoms with Gasteiger partial charge in [-0.1, -0.05) is 18.3 Å². The zero-order valence-electron chi connectivity index (χ0n) is 26.8. The highest BCUT2D eigenvalue weighted by atomic mass is 32.1. The molecule has 0 spiro atoms. The molecule has 246 valence electrons. The van der Waals surface area contributed by atoms with E-state index in [1.54, 1.807) is 12.1 Å². The van der Waals surface area contributed by atoms with Crippen molar-refractivity contribution in [1.82, 2.24) is 29.7 Å². The number of anilines is 3. The number of nitrogens with zero attached hydrogens (tertiary/aromatic N) is 8. The summed E-state index contributed by atoms with van der Waals surface area (Å²) < 4.78 is 15.6. The van der Waals surface area contributed by atoms with Crippen LogP contribution in [-0.2, 0) is 11.2 Å². The molecule has 2 aliphatic heterocycles. The third-order valence-electron chi connectivity index (χ3n) is 9.29. The van der Waals surface area contributed by atoms with Crippen molar-refractivity contribution in [1.29, 1.82) is 5.26 Å². The predicted octanol–water partition coefficient (Wildman–Crippen LogP) is 5.15. The second-order valence-corrected chi connectivity index (χ2v) is 13.4. The van der Waals surface area contributed by atoms with Gasteiger partial charge in [-0.2, -0.15) is 5.26 Å². The third kappa shape index (κ3) is 6.26. The quantitative estimate of drug-likeness (QED) is 0.218. The van der Waals surface area contributed by atoms with Crippen LogP contribution in [0.15, 0.2) is 55.0 Å². The van der Waals surface area contributed by atoms with Crippen LogP contribution >= 0.6 is 11.3 Å². The molecule has 1 unspecified atom stereocenters. The SMILES string of the molecule is CCc1nc2ccc(-c3cnc(N4CCC(CC(=O)C5C[C@H](O)CN5)CC4)nc3)cn2c1N(C)c1nc(-c2ccc(F)cc2)c(C#N)s1. The Kier molecular flexibility index (Phi) is 8.87. The number of carbonyl (C=O) groups excluding carboxylic acids is 1. The highest BCUT2D eigenvalue weighted by Crippen LogP contribution is 2.37. The number of ketones is 1. The van der Waals surface area contributed by atoms with E-state index < -0.39 is 6.10 Å². The summed E-state index contributed by atoms with van der Waals surface area (Å²) in [6.45, 7) is 4.13. The van der Waals surface area contributed by atoms with Gasteiger partial charge in [0.25, 0.3) is 0 Å². The van der Waals surface area contributed by atoms with Crippen molar-refractivity contribution in [3.8, 4) is 28.5 Å². The molecule has 11 nitrogen and oxygen atoms in total. The monoisotopic (exact) mass is 665 g/mol. The van der Waals surface area contributed by atoms with E-state index in [0.29, 0.717) is 58.9 Å². The molecule has 7 rings (SSSR count). The second kappa shape index (κ2) is 13.4. The molecule has 0 aliphatic carbocycles. The number of aliphatic hydroxyl groups is 1. The first-order chi connectivity index (χ1) is 23.3. The Morgan fingerprint density at radius 2 is 1.83 bits per heavy atom. The maximum Gasteiger partial charge on any atom is 0.225 e. The average Bonchev–Trinajstić information content (AvgIpc) is 3.85. The molecule has 2 N–H and O–H groups in total. The van der Waals surface area contributed by atoms with Gasteiger partial charge in [0.05, 0.1) is 17.8 Å². The normalized spacial score (nSPS) is 18.4. The van der Waals surface area contributed by atoms with Gasteiger partial charge >= 0.3 is 0 Å². The lowest BCUT2D eigenvalue weighted by Crippen LogP contribution is -2.37. The highest BCUT2D eigenvalue weighted by Gasteiger charge is 2.31. The van der Waals surface area contributed by atoms with Gasteiger partial charge in [0.15, 0.2) is 5.13 Å². The van der Waals surface area contributed by atoms with Crippen molar-refractivity contribution in [2.24, 2.45) is 5.92 Å². The van der Waals surface area contributed by atoms with Crippen LogP contribution in [0.3, 0.4) is 0 Å². The maximum atomic E-state index is 13.6. The molecular formula is C35H36FN9O2S. The zero-order valence-corrected chi connectivity index (χ0v) is 27.6. The number of thiazole rings is 1. The molecule has 2 atom stereocenters. The number of fused-ring (bicyclic) bond motifs is 1. The number of benzene rings is 1. The van der Waals surface area contributed by atoms with Crippen molar-refractivity contribution in [3.05, 3.63) is 71.4 Å². The summed E-state index contributed by atoms with van der Waals surface area (Å²) >= 11 is 1.28. The summed E-state index contributed by atoms with van der Waals surface area (Å²) in [4.78, 5) is 36.3. The first-order valence-electron chi connectivity index (χ1n) is 16.2. The summed E-state index contributed by atoms with van der Waals surface area (Å²) in [5, 5.41) is 23.4. The number of aryl methyl sites for hydroxylation is 1. The molecule has 13 heteroatoms. The summed E-state index contributed by atoms with van der Waals surface area (Å²) in [6.07, 6.45) is 8.83. The first-order valence-corrected chi connectivity index (χ1v) is 17.1. The fraction of sp³-hybridized carbons (Fsp3) is 0.371. The van der Waals surface area contributed by atoms with Crippen LogP contribution in [0.2, 0.25) is 0 Å². The van der Waals surface area contributed by atoms with E-state index in [0.717, 1.165) is 54.2 Å². The smallest absolute Gasteiger partial charge is 0.225 e. The molecule has 0 bridgehead atoms. The number of hydrogen-bond donors (Lipinski definition) is 2. The van der Waals surface area contributed by atoms with Crippen molar-refractivity contribution >= 4 is 39.7 Å². The molecule has 4 aromatic heterocycles. The van der Waals surface area contributed by atoms with Crippen molar-refractivity contribution in [2.75, 3.05) is 36.5 Å². The Hall–Kier alpha value is -4.77. The summed E-state index contributed by atoms with van der Waals surface area (Å²) in [7, 11) is 1.91. The van der Waals surface area contributed by atoms with Gasteiger partial charge in [0.1, 0.15) is 39.7 Å². The standard InChI is InChI=1S/C35H36FN9O2S/c1-3-27-33(43(2)35-42-32(30(16-37)48-35)22-4-7-25(36)8-5-22)45-20-23(6-9-31(45)41-27)24-17-39-34(40-18-24)44-12-10-21(11-13-44)14-29(47)28-15-26(46)19-38-28/h4-9,17-18,20-21,26,28,38,46H,3,10-15,19H2,1-2H3/t26-,28?/m0/s1. The molecule has 0 amide bonds. The Bertz CT molecular complexity index is 1980. The molecule has 5 aromatic rings. The zero-order chi connectivity index (χ0) is 33.4. The Morgan fingerprint density at radius 1 is 1.10 bits per heavy atom. The number of hydrogen-bond acceptors (Lipinski definition) is 11. The number of halogens is 1. The first kappa shape index (κ1) is 31.8. The number of imidazole rings is 1. The summed E-state index contributed by atoms with van der Waals surface area (Å²) in [5.74, 6) is 1.71. The number of pyridine rings is 1. The molecule has 48 heavy (non-hydrogen) atoms. The summed E-state index contributed by atoms with van der Waals surface area (Å²) in [6, 6.07) is 12.0. The molecule has 2 fully saturated rings. The van der Waals surface area contributed by atoms with Gasteiger partial charge in [0.2, 0.25) is 5.95 Å². The average molecular weight is 666 g/mol. The number of nitrogens with one attached hydrogen (secondary N) is 1. The van der Waals surface area contributed by atoms with Crippen LogP contribution in [0.5, 0.6) is 0 Å². The predicted molar refractivity (Wildman–Crippen MR) is 183 cm³/mol. The number of aromatic nitrogens is 5. The lowest BCUT2D eigenvalue weighted by atomic mass is 9.89. The molecule has 1 aromatic carbocycles. The minimum atomic E-state index is -0.425. The molecule has 2 aliphatic rings. The molecular weight excluding hydrogens is 630 g/mol. The third-order valence-corrected chi connectivity index (χ3v) is 10.3. The number of rotatable bonds is 9. The van der Waals surface area contributed by atoms with Gasteiger partial charge in [-0.25, -0.2) is 24.3 Å².